The maximum atomic E-state index is 5.31. The number of nitrogens with zero attached hydrogens (tertiary/aromatic N) is 3. The Morgan fingerprint density at radius 2 is 2.55 bits per heavy atom. The molecule has 0 saturated carbocycles. The minimum absolute atomic E-state index is 0.658. The van der Waals surface area contributed by atoms with Gasteiger partial charge >= 0.3 is 0 Å². The first-order chi connectivity index (χ1) is 5.34. The summed E-state index contributed by atoms with van der Waals surface area (Å²) < 4.78 is 1.74. The number of nitrogens with two attached hydrogens (primary N) is 1. The summed E-state index contributed by atoms with van der Waals surface area (Å²) in [6.07, 6.45) is 1.74. The maximum absolute atomic E-state index is 5.31. The highest BCUT2D eigenvalue weighted by molar-refractivity contribution is 4.91. The van der Waals surface area contributed by atoms with Gasteiger partial charge in [0.25, 0.3) is 0 Å². The Bertz CT molecular complexity index is 206. The largest absolute Gasteiger partial charge is 0.329 e. The van der Waals surface area contributed by atoms with Crippen molar-refractivity contribution in [2.45, 2.75) is 6.54 Å². The van der Waals surface area contributed by atoms with Gasteiger partial charge in [-0.2, -0.15) is 0 Å². The Morgan fingerprint density at radius 3 is 3.09 bits per heavy atom. The van der Waals surface area contributed by atoms with E-state index in [9.17, 15) is 0 Å². The molecule has 0 bridgehead atoms. The molecule has 0 spiro atoms. The maximum Gasteiger partial charge on any atom is 0.0738 e. The molecule has 0 saturated heterocycles. The Balaban J connectivity index is 2.32. The summed E-state index contributed by atoms with van der Waals surface area (Å²) in [6, 6.07) is 0. The van der Waals surface area contributed by atoms with Gasteiger partial charge in [0.2, 0.25) is 0 Å². The molecule has 3 N–H and O–H groups in total. The molecule has 0 amide bonds. The summed E-state index contributed by atoms with van der Waals surface area (Å²) in [5, 5.41) is 10.7. The van der Waals surface area contributed by atoms with Crippen LogP contribution in [0.3, 0.4) is 0 Å². The van der Waals surface area contributed by atoms with E-state index in [1.807, 2.05) is 7.05 Å². The number of aryl methyl sites for hydroxylation is 1. The molecular weight excluding hydrogens is 142 g/mol. The summed E-state index contributed by atoms with van der Waals surface area (Å²) in [5.74, 6) is 0. The zero-order valence-corrected chi connectivity index (χ0v) is 6.62. The van der Waals surface area contributed by atoms with Gasteiger partial charge in [0.05, 0.1) is 11.9 Å². The Hall–Kier alpha value is -0.940. The lowest BCUT2D eigenvalue weighted by molar-refractivity contribution is 0.620. The van der Waals surface area contributed by atoms with Crippen molar-refractivity contribution in [1.82, 2.24) is 20.3 Å². The minimum Gasteiger partial charge on any atom is -0.329 e. The second-order valence-electron chi connectivity index (χ2n) is 2.31. The van der Waals surface area contributed by atoms with Crippen LogP contribution in [-0.4, -0.2) is 28.1 Å². The summed E-state index contributed by atoms with van der Waals surface area (Å²) in [4.78, 5) is 0. The highest BCUT2D eigenvalue weighted by atomic mass is 15.4. The summed E-state index contributed by atoms with van der Waals surface area (Å²) >= 11 is 0. The van der Waals surface area contributed by atoms with Crippen molar-refractivity contribution < 1.29 is 0 Å². The van der Waals surface area contributed by atoms with Gasteiger partial charge in [0, 0.05) is 26.7 Å². The third-order valence-electron chi connectivity index (χ3n) is 1.44. The van der Waals surface area contributed by atoms with Crippen molar-refractivity contribution in [2.75, 3.05) is 13.1 Å². The SMILES string of the molecule is Cn1nncc1CNCCN. The zero-order valence-electron chi connectivity index (χ0n) is 6.62. The topological polar surface area (TPSA) is 68.8 Å². The molecule has 0 aliphatic carbocycles. The first-order valence-electron chi connectivity index (χ1n) is 3.59. The molecule has 0 aliphatic heterocycles. The normalized spacial score (nSPS) is 10.4. The van der Waals surface area contributed by atoms with E-state index < -0.39 is 0 Å². The highest BCUT2D eigenvalue weighted by Crippen LogP contribution is 1.90. The van der Waals surface area contributed by atoms with E-state index in [0.29, 0.717) is 6.54 Å². The molecule has 5 heteroatoms. The number of aromatic nitrogens is 3. The molecule has 1 rings (SSSR count). The average Bonchev–Trinajstić information content (AvgIpc) is 2.37. The van der Waals surface area contributed by atoms with Crippen LogP contribution >= 0.6 is 0 Å². The van der Waals surface area contributed by atoms with Crippen molar-refractivity contribution in [1.29, 1.82) is 0 Å². The standard InChI is InChI=1S/C6H13N5/c1-11-6(5-9-10-11)4-8-3-2-7/h5,8H,2-4,7H2,1H3. The van der Waals surface area contributed by atoms with Gasteiger partial charge in [0.1, 0.15) is 0 Å². The molecule has 0 atom stereocenters. The molecular formula is C6H13N5. The summed E-state index contributed by atoms with van der Waals surface area (Å²) in [5.41, 5.74) is 6.37. The lowest BCUT2D eigenvalue weighted by atomic mass is 10.4. The van der Waals surface area contributed by atoms with E-state index in [-0.39, 0.29) is 0 Å². The number of rotatable bonds is 4. The van der Waals surface area contributed by atoms with Crippen LogP contribution in [0.1, 0.15) is 5.69 Å². The van der Waals surface area contributed by atoms with Gasteiger partial charge in [-0.05, 0) is 0 Å². The molecule has 62 valence electrons. The van der Waals surface area contributed by atoms with Crippen LogP contribution in [0.25, 0.3) is 0 Å². The van der Waals surface area contributed by atoms with Gasteiger partial charge in [-0.25, -0.2) is 0 Å². The van der Waals surface area contributed by atoms with Crippen molar-refractivity contribution in [3.8, 4) is 0 Å². The van der Waals surface area contributed by atoms with E-state index in [0.717, 1.165) is 18.8 Å². The fourth-order valence-corrected chi connectivity index (χ4v) is 0.789. The third-order valence-corrected chi connectivity index (χ3v) is 1.44. The second-order valence-corrected chi connectivity index (χ2v) is 2.31. The quantitative estimate of drug-likeness (QED) is 0.539. The third kappa shape index (κ3) is 2.28. The van der Waals surface area contributed by atoms with Gasteiger partial charge in [0.15, 0.2) is 0 Å². The molecule has 0 aliphatic rings. The molecule has 1 heterocycles. The van der Waals surface area contributed by atoms with Gasteiger partial charge in [-0.1, -0.05) is 5.21 Å². The van der Waals surface area contributed by atoms with Crippen molar-refractivity contribution in [3.05, 3.63) is 11.9 Å². The van der Waals surface area contributed by atoms with Crippen molar-refractivity contribution >= 4 is 0 Å². The molecule has 0 unspecified atom stereocenters. The number of hydrogen-bond donors (Lipinski definition) is 2. The van der Waals surface area contributed by atoms with Crippen LogP contribution in [0.4, 0.5) is 0 Å². The average molecular weight is 155 g/mol. The number of nitrogens with one attached hydrogen (secondary N) is 1. The summed E-state index contributed by atoms with van der Waals surface area (Å²) in [7, 11) is 1.87. The van der Waals surface area contributed by atoms with Crippen LogP contribution in [0.5, 0.6) is 0 Å². The molecule has 0 aromatic carbocycles. The van der Waals surface area contributed by atoms with Crippen LogP contribution in [-0.2, 0) is 13.6 Å². The van der Waals surface area contributed by atoms with Crippen LogP contribution in [0.15, 0.2) is 6.20 Å². The molecule has 1 aromatic heterocycles. The molecule has 5 nitrogen and oxygen atoms in total. The van der Waals surface area contributed by atoms with E-state index in [4.69, 9.17) is 5.73 Å². The van der Waals surface area contributed by atoms with Crippen LogP contribution < -0.4 is 11.1 Å². The van der Waals surface area contributed by atoms with Gasteiger partial charge in [-0.15, -0.1) is 5.10 Å². The van der Waals surface area contributed by atoms with Crippen molar-refractivity contribution in [2.24, 2.45) is 12.8 Å². The van der Waals surface area contributed by atoms with Gasteiger partial charge in [-0.3, -0.25) is 4.68 Å². The monoisotopic (exact) mass is 155 g/mol. The van der Waals surface area contributed by atoms with Crippen LogP contribution in [0, 0.1) is 0 Å². The molecule has 0 fully saturated rings. The highest BCUT2D eigenvalue weighted by Gasteiger charge is 1.96. The Morgan fingerprint density at radius 1 is 1.73 bits per heavy atom. The fraction of sp³-hybridized carbons (Fsp3) is 0.667. The van der Waals surface area contributed by atoms with E-state index >= 15 is 0 Å². The second kappa shape index (κ2) is 4.05. The molecule has 1 aromatic rings. The van der Waals surface area contributed by atoms with E-state index in [2.05, 4.69) is 15.6 Å². The van der Waals surface area contributed by atoms with Gasteiger partial charge < -0.3 is 11.1 Å². The number of hydrogen-bond acceptors (Lipinski definition) is 4. The van der Waals surface area contributed by atoms with E-state index in [1.54, 1.807) is 10.9 Å². The lowest BCUT2D eigenvalue weighted by Gasteiger charge is -2.00. The molecule has 11 heavy (non-hydrogen) atoms. The Kier molecular flexibility index (Phi) is 3.00. The minimum atomic E-state index is 0.658. The zero-order chi connectivity index (χ0) is 8.10. The predicted molar refractivity (Wildman–Crippen MR) is 41.8 cm³/mol. The van der Waals surface area contributed by atoms with Crippen LogP contribution in [0.2, 0.25) is 0 Å². The predicted octanol–water partition coefficient (Wildman–Crippen LogP) is -1.14. The fourth-order valence-electron chi connectivity index (χ4n) is 0.789. The van der Waals surface area contributed by atoms with Crippen molar-refractivity contribution in [3.63, 3.8) is 0 Å². The summed E-state index contributed by atoms with van der Waals surface area (Å²) in [6.45, 7) is 2.26. The first kappa shape index (κ1) is 8.16. The molecule has 0 radical (unpaired) electrons. The first-order valence-corrected chi connectivity index (χ1v) is 3.59. The Labute approximate surface area is 65.6 Å². The smallest absolute Gasteiger partial charge is 0.0738 e. The van der Waals surface area contributed by atoms with E-state index in [1.165, 1.54) is 0 Å². The lowest BCUT2D eigenvalue weighted by Crippen LogP contribution is -2.22.